The summed E-state index contributed by atoms with van der Waals surface area (Å²) in [7, 11) is 0. The minimum atomic E-state index is 1.13. The predicted molar refractivity (Wildman–Crippen MR) is 216 cm³/mol. The van der Waals surface area contributed by atoms with E-state index in [0.29, 0.717) is 0 Å². The zero-order chi connectivity index (χ0) is 33.9. The highest BCUT2D eigenvalue weighted by molar-refractivity contribution is 6.24. The molecule has 0 radical (unpaired) electrons. The maximum Gasteiger partial charge on any atom is 0.0547 e. The molecule has 0 fully saturated rings. The SMILES string of the molecule is C#C/C=C\c1c(C)ccc2c1c1c3ccccc3ccc1n2-c1ccc(-c2c3ccc(C)cc3c(-c3ccccc3)c3ccc(C)cc23)cc1. The van der Waals surface area contributed by atoms with Gasteiger partial charge in [0.1, 0.15) is 0 Å². The molecular weight excluding hydrogens is 603 g/mol. The second-order valence-corrected chi connectivity index (χ2v) is 13.5. The summed E-state index contributed by atoms with van der Waals surface area (Å²) in [5.74, 6) is 2.71. The summed E-state index contributed by atoms with van der Waals surface area (Å²) in [5.41, 5.74) is 13.4. The fraction of sp³-hybridized carbons (Fsp3) is 0.0612. The largest absolute Gasteiger partial charge is 0.309 e. The molecule has 0 spiro atoms. The first-order chi connectivity index (χ1) is 24.5. The van der Waals surface area contributed by atoms with Crippen LogP contribution in [-0.2, 0) is 0 Å². The Morgan fingerprint density at radius 3 is 1.80 bits per heavy atom. The monoisotopic (exact) mass is 637 g/mol. The van der Waals surface area contributed by atoms with Crippen molar-refractivity contribution >= 4 is 60.2 Å². The fourth-order valence-electron chi connectivity index (χ4n) is 8.08. The molecule has 0 N–H and O–H groups in total. The lowest BCUT2D eigenvalue weighted by Gasteiger charge is -2.19. The number of hydrogen-bond donors (Lipinski definition) is 0. The summed E-state index contributed by atoms with van der Waals surface area (Å²) in [6, 6.07) is 51.5. The van der Waals surface area contributed by atoms with E-state index in [1.165, 1.54) is 98.6 Å². The molecule has 9 aromatic rings. The van der Waals surface area contributed by atoms with Gasteiger partial charge in [0.15, 0.2) is 0 Å². The molecule has 0 aliphatic rings. The van der Waals surface area contributed by atoms with Crippen LogP contribution in [0.2, 0.25) is 0 Å². The van der Waals surface area contributed by atoms with Crippen LogP contribution in [0.15, 0.2) is 146 Å². The van der Waals surface area contributed by atoms with Crippen LogP contribution in [0.4, 0.5) is 0 Å². The first-order valence-corrected chi connectivity index (χ1v) is 17.2. The molecule has 236 valence electrons. The lowest BCUT2D eigenvalue weighted by Crippen LogP contribution is -1.95. The third-order valence-electron chi connectivity index (χ3n) is 10.3. The van der Waals surface area contributed by atoms with Gasteiger partial charge in [0.2, 0.25) is 0 Å². The van der Waals surface area contributed by atoms with Crippen molar-refractivity contribution < 1.29 is 0 Å². The quantitative estimate of drug-likeness (QED) is 0.134. The standard InChI is InChI=1S/C49H35N/c1-5-6-15-38-33(4)19-27-44-48(38)49-39-16-11-10-12-34(39)22-28-45(49)50(44)37-23-20-36(21-24-37)47-41-26-18-31(2)29-42(41)46(35-13-8-7-9-14-35)40-25-17-32(3)30-43(40)47/h1,6-30H,2-4H3/b15-6-. The van der Waals surface area contributed by atoms with Gasteiger partial charge in [-0.25, -0.2) is 0 Å². The van der Waals surface area contributed by atoms with Gasteiger partial charge >= 0.3 is 0 Å². The summed E-state index contributed by atoms with van der Waals surface area (Å²) in [6.07, 6.45) is 9.61. The van der Waals surface area contributed by atoms with Crippen LogP contribution < -0.4 is 0 Å². The van der Waals surface area contributed by atoms with Crippen molar-refractivity contribution in [3.8, 4) is 40.3 Å². The fourth-order valence-corrected chi connectivity index (χ4v) is 8.08. The third kappa shape index (κ3) is 4.57. The Labute approximate surface area is 292 Å². The maximum atomic E-state index is 5.71. The van der Waals surface area contributed by atoms with Gasteiger partial charge in [0, 0.05) is 16.5 Å². The number of hydrogen-bond acceptors (Lipinski definition) is 0. The molecule has 0 bridgehead atoms. The number of terminal acetylenes is 1. The Morgan fingerprint density at radius 2 is 1.12 bits per heavy atom. The zero-order valence-electron chi connectivity index (χ0n) is 28.5. The van der Waals surface area contributed by atoms with E-state index < -0.39 is 0 Å². The van der Waals surface area contributed by atoms with Gasteiger partial charge in [-0.05, 0) is 123 Å². The lowest BCUT2D eigenvalue weighted by molar-refractivity contribution is 1.18. The number of nitrogens with zero attached hydrogens (tertiary/aromatic N) is 1. The highest BCUT2D eigenvalue weighted by Crippen LogP contribution is 2.45. The molecule has 8 aromatic carbocycles. The summed E-state index contributed by atoms with van der Waals surface area (Å²) >= 11 is 0. The van der Waals surface area contributed by atoms with Gasteiger partial charge in [-0.2, -0.15) is 0 Å². The van der Waals surface area contributed by atoms with E-state index in [9.17, 15) is 0 Å². The predicted octanol–water partition coefficient (Wildman–Crippen LogP) is 13.1. The molecule has 1 heteroatoms. The molecule has 0 amide bonds. The first-order valence-electron chi connectivity index (χ1n) is 17.2. The summed E-state index contributed by atoms with van der Waals surface area (Å²) in [6.45, 7) is 6.54. The topological polar surface area (TPSA) is 4.93 Å². The number of aromatic nitrogens is 1. The van der Waals surface area contributed by atoms with Gasteiger partial charge in [-0.1, -0.05) is 132 Å². The van der Waals surface area contributed by atoms with E-state index in [1.807, 2.05) is 6.08 Å². The number of rotatable bonds is 4. The minimum absolute atomic E-state index is 1.13. The van der Waals surface area contributed by atoms with Crippen molar-refractivity contribution in [2.45, 2.75) is 20.8 Å². The van der Waals surface area contributed by atoms with Crippen molar-refractivity contribution in [2.75, 3.05) is 0 Å². The zero-order valence-corrected chi connectivity index (χ0v) is 28.5. The molecule has 0 atom stereocenters. The molecule has 9 rings (SSSR count). The van der Waals surface area contributed by atoms with Crippen LogP contribution >= 0.6 is 0 Å². The van der Waals surface area contributed by atoms with Gasteiger partial charge in [-0.15, -0.1) is 6.42 Å². The van der Waals surface area contributed by atoms with Crippen molar-refractivity contribution in [3.05, 3.63) is 168 Å². The molecular formula is C49H35N. The average molecular weight is 638 g/mol. The van der Waals surface area contributed by atoms with E-state index in [2.05, 4.69) is 177 Å². The van der Waals surface area contributed by atoms with E-state index in [4.69, 9.17) is 6.42 Å². The summed E-state index contributed by atoms with van der Waals surface area (Å²) in [4.78, 5) is 0. The van der Waals surface area contributed by atoms with E-state index in [1.54, 1.807) is 0 Å². The van der Waals surface area contributed by atoms with Crippen LogP contribution in [0.3, 0.4) is 0 Å². The highest BCUT2D eigenvalue weighted by atomic mass is 15.0. The molecule has 0 unspecified atom stereocenters. The summed E-state index contributed by atoms with van der Waals surface area (Å²) < 4.78 is 2.41. The Balaban J connectivity index is 1.32. The first kappa shape index (κ1) is 29.8. The molecule has 1 nitrogen and oxygen atoms in total. The third-order valence-corrected chi connectivity index (χ3v) is 10.3. The molecule has 0 saturated carbocycles. The van der Waals surface area contributed by atoms with Gasteiger partial charge < -0.3 is 4.57 Å². The van der Waals surface area contributed by atoms with Crippen molar-refractivity contribution in [1.29, 1.82) is 0 Å². The minimum Gasteiger partial charge on any atom is -0.309 e. The number of benzene rings is 8. The molecule has 0 aliphatic heterocycles. The van der Waals surface area contributed by atoms with E-state index >= 15 is 0 Å². The lowest BCUT2D eigenvalue weighted by atomic mass is 9.85. The second-order valence-electron chi connectivity index (χ2n) is 13.5. The van der Waals surface area contributed by atoms with Gasteiger partial charge in [0.05, 0.1) is 11.0 Å². The van der Waals surface area contributed by atoms with Crippen molar-refractivity contribution in [1.82, 2.24) is 4.57 Å². The van der Waals surface area contributed by atoms with E-state index in [0.717, 1.165) is 5.69 Å². The van der Waals surface area contributed by atoms with Crippen molar-refractivity contribution in [2.24, 2.45) is 0 Å². The summed E-state index contributed by atoms with van der Waals surface area (Å²) in [5, 5.41) is 10.0. The second kappa shape index (κ2) is 11.7. The maximum absolute atomic E-state index is 5.71. The molecule has 50 heavy (non-hydrogen) atoms. The Hall–Kier alpha value is -6.36. The highest BCUT2D eigenvalue weighted by Gasteiger charge is 2.20. The normalized spacial score (nSPS) is 11.8. The smallest absolute Gasteiger partial charge is 0.0547 e. The molecule has 0 aliphatic carbocycles. The van der Waals surface area contributed by atoms with Gasteiger partial charge in [0.25, 0.3) is 0 Å². The van der Waals surface area contributed by atoms with Crippen LogP contribution in [0.25, 0.3) is 88.1 Å². The Bertz CT molecular complexity index is 2880. The number of allylic oxidation sites excluding steroid dienone is 1. The van der Waals surface area contributed by atoms with Crippen LogP contribution in [0, 0.1) is 33.1 Å². The number of aryl methyl sites for hydroxylation is 3. The van der Waals surface area contributed by atoms with Crippen LogP contribution in [-0.4, -0.2) is 4.57 Å². The molecule has 1 heterocycles. The Morgan fingerprint density at radius 1 is 0.520 bits per heavy atom. The van der Waals surface area contributed by atoms with Crippen LogP contribution in [0.1, 0.15) is 22.3 Å². The van der Waals surface area contributed by atoms with Crippen LogP contribution in [0.5, 0.6) is 0 Å². The molecule has 0 saturated heterocycles. The molecule has 1 aromatic heterocycles. The average Bonchev–Trinajstić information content (AvgIpc) is 3.49. The number of fused-ring (bicyclic) bond motifs is 7. The Kier molecular flexibility index (Phi) is 6.94. The van der Waals surface area contributed by atoms with E-state index in [-0.39, 0.29) is 0 Å². The van der Waals surface area contributed by atoms with Gasteiger partial charge in [-0.3, -0.25) is 0 Å². The van der Waals surface area contributed by atoms with Crippen molar-refractivity contribution in [3.63, 3.8) is 0 Å².